The summed E-state index contributed by atoms with van der Waals surface area (Å²) in [4.78, 5) is 8.79. The number of likely N-dealkylation sites (tertiary alicyclic amines) is 1. The molecule has 0 aromatic carbocycles. The number of rotatable bonds is 7. The molecule has 0 unspecified atom stereocenters. The molecular weight excluding hydrogens is 304 g/mol. The number of hydrogen-bond acceptors (Lipinski definition) is 3. The van der Waals surface area contributed by atoms with Crippen LogP contribution in [0, 0.1) is 11.8 Å². The first-order valence-electron chi connectivity index (χ1n) is 9.10. The van der Waals surface area contributed by atoms with Gasteiger partial charge in [-0.15, -0.1) is 11.3 Å². The Hall–Kier alpha value is -1.07. The minimum absolute atomic E-state index is 0.777. The third kappa shape index (κ3) is 5.81. The van der Waals surface area contributed by atoms with Crippen LogP contribution < -0.4 is 10.6 Å². The molecule has 128 valence electrons. The first-order valence-corrected chi connectivity index (χ1v) is 9.98. The Balaban J connectivity index is 1.36. The van der Waals surface area contributed by atoms with Crippen LogP contribution in [0.5, 0.6) is 0 Å². The molecular formula is C18H30N4S. The molecule has 1 aromatic heterocycles. The summed E-state index contributed by atoms with van der Waals surface area (Å²) >= 11 is 1.87. The van der Waals surface area contributed by atoms with E-state index in [1.165, 1.54) is 43.6 Å². The van der Waals surface area contributed by atoms with E-state index in [1.807, 2.05) is 11.3 Å². The van der Waals surface area contributed by atoms with Crippen LogP contribution >= 0.6 is 11.3 Å². The molecule has 1 aliphatic heterocycles. The standard InChI is InChI=1S/C18H30N4S/c1-2-19-18(20-12-15-5-6-15)21-13-16-7-9-22(10-8-16)14-17-4-3-11-23-17/h3-4,11,15-16H,2,5-10,12-14H2,1H3,(H2,19,20,21). The minimum atomic E-state index is 0.777. The fourth-order valence-corrected chi connectivity index (χ4v) is 3.82. The number of nitrogens with zero attached hydrogens (tertiary/aromatic N) is 2. The van der Waals surface area contributed by atoms with Gasteiger partial charge in [0.25, 0.3) is 0 Å². The Kier molecular flexibility index (Phi) is 6.34. The van der Waals surface area contributed by atoms with E-state index in [-0.39, 0.29) is 0 Å². The summed E-state index contributed by atoms with van der Waals surface area (Å²) in [5.41, 5.74) is 0. The van der Waals surface area contributed by atoms with Crippen molar-refractivity contribution in [2.45, 2.75) is 39.2 Å². The zero-order valence-corrected chi connectivity index (χ0v) is 15.1. The van der Waals surface area contributed by atoms with E-state index in [0.717, 1.165) is 44.0 Å². The van der Waals surface area contributed by atoms with Gasteiger partial charge in [0.1, 0.15) is 0 Å². The van der Waals surface area contributed by atoms with Crippen molar-refractivity contribution in [2.75, 3.05) is 32.7 Å². The second-order valence-electron chi connectivity index (χ2n) is 6.84. The summed E-state index contributed by atoms with van der Waals surface area (Å²) in [6.45, 7) is 8.70. The van der Waals surface area contributed by atoms with E-state index < -0.39 is 0 Å². The number of nitrogens with one attached hydrogen (secondary N) is 2. The zero-order chi connectivity index (χ0) is 15.9. The predicted molar refractivity (Wildman–Crippen MR) is 99.0 cm³/mol. The van der Waals surface area contributed by atoms with Gasteiger partial charge in [0.2, 0.25) is 0 Å². The van der Waals surface area contributed by atoms with Crippen molar-refractivity contribution in [2.24, 2.45) is 16.8 Å². The van der Waals surface area contributed by atoms with Crippen molar-refractivity contribution in [1.29, 1.82) is 0 Å². The van der Waals surface area contributed by atoms with Crippen LogP contribution in [0.3, 0.4) is 0 Å². The maximum Gasteiger partial charge on any atom is 0.191 e. The van der Waals surface area contributed by atoms with Gasteiger partial charge in [-0.3, -0.25) is 9.89 Å². The Bertz CT molecular complexity index is 473. The third-order valence-corrected chi connectivity index (χ3v) is 5.63. The molecule has 3 rings (SSSR count). The monoisotopic (exact) mass is 334 g/mol. The first-order chi connectivity index (χ1) is 11.3. The topological polar surface area (TPSA) is 39.7 Å². The van der Waals surface area contributed by atoms with Crippen LogP contribution in [-0.4, -0.2) is 43.6 Å². The number of aliphatic imine (C=N–C) groups is 1. The van der Waals surface area contributed by atoms with Gasteiger partial charge in [-0.05, 0) is 69.0 Å². The number of hydrogen-bond donors (Lipinski definition) is 2. The third-order valence-electron chi connectivity index (χ3n) is 4.77. The average Bonchev–Trinajstić information content (AvgIpc) is 3.27. The molecule has 2 fully saturated rings. The van der Waals surface area contributed by atoms with Gasteiger partial charge in [-0.1, -0.05) is 6.07 Å². The average molecular weight is 335 g/mol. The summed E-state index contributed by atoms with van der Waals surface area (Å²) in [5, 5.41) is 9.11. The molecule has 1 saturated heterocycles. The lowest BCUT2D eigenvalue weighted by Crippen LogP contribution is -2.42. The van der Waals surface area contributed by atoms with E-state index in [0.29, 0.717) is 0 Å². The fourth-order valence-electron chi connectivity index (χ4n) is 3.08. The normalized spacial score (nSPS) is 20.7. The van der Waals surface area contributed by atoms with Gasteiger partial charge in [-0.2, -0.15) is 0 Å². The molecule has 1 aromatic rings. The molecule has 23 heavy (non-hydrogen) atoms. The summed E-state index contributed by atoms with van der Waals surface area (Å²) in [6, 6.07) is 4.40. The van der Waals surface area contributed by atoms with Gasteiger partial charge in [0, 0.05) is 31.1 Å². The van der Waals surface area contributed by atoms with Gasteiger partial charge in [0.05, 0.1) is 0 Å². The molecule has 0 atom stereocenters. The van der Waals surface area contributed by atoms with E-state index >= 15 is 0 Å². The minimum Gasteiger partial charge on any atom is -0.357 e. The van der Waals surface area contributed by atoms with Crippen molar-refractivity contribution in [3.63, 3.8) is 0 Å². The Morgan fingerprint density at radius 3 is 2.70 bits per heavy atom. The molecule has 4 nitrogen and oxygen atoms in total. The molecule has 0 spiro atoms. The fraction of sp³-hybridized carbons (Fsp3) is 0.722. The lowest BCUT2D eigenvalue weighted by atomic mass is 9.97. The smallest absolute Gasteiger partial charge is 0.191 e. The Morgan fingerprint density at radius 2 is 2.04 bits per heavy atom. The largest absolute Gasteiger partial charge is 0.357 e. The lowest BCUT2D eigenvalue weighted by molar-refractivity contribution is 0.179. The second kappa shape index (κ2) is 8.69. The highest BCUT2D eigenvalue weighted by atomic mass is 32.1. The zero-order valence-electron chi connectivity index (χ0n) is 14.3. The summed E-state index contributed by atoms with van der Waals surface area (Å²) in [5.74, 6) is 2.64. The quantitative estimate of drug-likeness (QED) is 0.595. The molecule has 2 heterocycles. The Morgan fingerprint density at radius 1 is 1.22 bits per heavy atom. The molecule has 5 heteroatoms. The van der Waals surface area contributed by atoms with Crippen molar-refractivity contribution < 1.29 is 0 Å². The predicted octanol–water partition coefficient (Wildman–Crippen LogP) is 2.93. The van der Waals surface area contributed by atoms with Crippen LogP contribution in [0.2, 0.25) is 0 Å². The molecule has 0 bridgehead atoms. The van der Waals surface area contributed by atoms with Crippen LogP contribution in [0.25, 0.3) is 0 Å². The van der Waals surface area contributed by atoms with Crippen molar-refractivity contribution in [3.8, 4) is 0 Å². The molecule has 1 saturated carbocycles. The van der Waals surface area contributed by atoms with Gasteiger partial charge in [0.15, 0.2) is 5.96 Å². The van der Waals surface area contributed by atoms with Crippen molar-refractivity contribution in [3.05, 3.63) is 22.4 Å². The van der Waals surface area contributed by atoms with Crippen LogP contribution in [-0.2, 0) is 6.54 Å². The van der Waals surface area contributed by atoms with E-state index in [4.69, 9.17) is 4.99 Å². The molecule has 0 amide bonds. The Labute approximate surface area is 144 Å². The summed E-state index contributed by atoms with van der Waals surface area (Å²) in [7, 11) is 0. The number of piperidine rings is 1. The number of guanidine groups is 1. The van der Waals surface area contributed by atoms with E-state index in [9.17, 15) is 0 Å². The molecule has 1 aliphatic carbocycles. The van der Waals surface area contributed by atoms with Crippen LogP contribution in [0.4, 0.5) is 0 Å². The summed E-state index contributed by atoms with van der Waals surface area (Å²) < 4.78 is 0. The van der Waals surface area contributed by atoms with Crippen LogP contribution in [0.15, 0.2) is 22.5 Å². The van der Waals surface area contributed by atoms with Crippen molar-refractivity contribution in [1.82, 2.24) is 15.5 Å². The maximum atomic E-state index is 4.71. The van der Waals surface area contributed by atoms with Gasteiger partial charge in [-0.25, -0.2) is 0 Å². The van der Waals surface area contributed by atoms with E-state index in [1.54, 1.807) is 0 Å². The first kappa shape index (κ1) is 16.8. The summed E-state index contributed by atoms with van der Waals surface area (Å²) in [6.07, 6.45) is 5.32. The van der Waals surface area contributed by atoms with Crippen molar-refractivity contribution >= 4 is 17.3 Å². The van der Waals surface area contributed by atoms with Gasteiger partial charge >= 0.3 is 0 Å². The second-order valence-corrected chi connectivity index (χ2v) is 7.88. The molecule has 0 radical (unpaired) electrons. The molecule has 2 N–H and O–H groups in total. The van der Waals surface area contributed by atoms with E-state index in [2.05, 4.69) is 40.0 Å². The van der Waals surface area contributed by atoms with Gasteiger partial charge < -0.3 is 10.6 Å². The number of thiophene rings is 1. The lowest BCUT2D eigenvalue weighted by Gasteiger charge is -2.32. The highest BCUT2D eigenvalue weighted by molar-refractivity contribution is 7.09. The highest BCUT2D eigenvalue weighted by Crippen LogP contribution is 2.28. The van der Waals surface area contributed by atoms with Crippen LogP contribution in [0.1, 0.15) is 37.5 Å². The maximum absolute atomic E-state index is 4.71. The molecule has 2 aliphatic rings. The SMILES string of the molecule is CCNC(=NCC1CC1)NCC1CCN(Cc2cccs2)CC1. The highest BCUT2D eigenvalue weighted by Gasteiger charge is 2.21.